The van der Waals surface area contributed by atoms with Gasteiger partial charge in [-0.25, -0.2) is 4.98 Å². The molecule has 6 nitrogen and oxygen atoms in total. The fraction of sp³-hybridized carbons (Fsp3) is 0.643. The zero-order valence-corrected chi connectivity index (χ0v) is 12.4. The number of aromatic nitrogens is 1. The van der Waals surface area contributed by atoms with Crippen molar-refractivity contribution in [1.29, 1.82) is 0 Å². The SMILES string of the molecule is O=[N+]([O-])c1cc(Cl)cnc1N1CCC2(O)CCCCC2C1. The number of nitro groups is 1. The molecule has 3 rings (SSSR count). The summed E-state index contributed by atoms with van der Waals surface area (Å²) in [5, 5.41) is 22.1. The highest BCUT2D eigenvalue weighted by Crippen LogP contribution is 2.42. The predicted molar refractivity (Wildman–Crippen MR) is 79.6 cm³/mol. The summed E-state index contributed by atoms with van der Waals surface area (Å²) < 4.78 is 0. The van der Waals surface area contributed by atoms with Gasteiger partial charge in [-0.2, -0.15) is 0 Å². The van der Waals surface area contributed by atoms with E-state index >= 15 is 0 Å². The molecule has 2 atom stereocenters. The van der Waals surface area contributed by atoms with Crippen LogP contribution in [0.15, 0.2) is 12.3 Å². The first-order valence-corrected chi connectivity index (χ1v) is 7.65. The molecule has 0 amide bonds. The van der Waals surface area contributed by atoms with Gasteiger partial charge in [0.2, 0.25) is 5.82 Å². The standard InChI is InChI=1S/C14H18ClN3O3/c15-11-7-12(18(20)21)13(16-8-11)17-6-5-14(19)4-2-1-3-10(14)9-17/h7-8,10,19H,1-6,9H2. The molecule has 1 saturated heterocycles. The van der Waals surface area contributed by atoms with Gasteiger partial charge in [0, 0.05) is 31.3 Å². The molecule has 1 aliphatic heterocycles. The van der Waals surface area contributed by atoms with Gasteiger partial charge < -0.3 is 10.0 Å². The summed E-state index contributed by atoms with van der Waals surface area (Å²) >= 11 is 5.81. The van der Waals surface area contributed by atoms with Gasteiger partial charge in [-0.3, -0.25) is 10.1 Å². The van der Waals surface area contributed by atoms with Crippen molar-refractivity contribution in [2.24, 2.45) is 5.92 Å². The summed E-state index contributed by atoms with van der Waals surface area (Å²) in [6.45, 7) is 1.20. The van der Waals surface area contributed by atoms with Gasteiger partial charge in [0.1, 0.15) is 0 Å². The van der Waals surface area contributed by atoms with Gasteiger partial charge >= 0.3 is 5.69 Å². The van der Waals surface area contributed by atoms with Crippen LogP contribution in [0.2, 0.25) is 5.02 Å². The molecule has 2 aliphatic rings. The summed E-state index contributed by atoms with van der Waals surface area (Å²) in [4.78, 5) is 16.8. The van der Waals surface area contributed by atoms with E-state index in [1.54, 1.807) is 0 Å². The number of piperidine rings is 1. The number of hydrogen-bond donors (Lipinski definition) is 1. The molecular formula is C14H18ClN3O3. The van der Waals surface area contributed by atoms with Crippen LogP contribution in [-0.2, 0) is 0 Å². The molecule has 1 aliphatic carbocycles. The van der Waals surface area contributed by atoms with Crippen molar-refractivity contribution in [3.8, 4) is 0 Å². The van der Waals surface area contributed by atoms with Crippen LogP contribution >= 0.6 is 11.6 Å². The van der Waals surface area contributed by atoms with E-state index in [0.717, 1.165) is 25.7 Å². The second kappa shape index (κ2) is 5.42. The lowest BCUT2D eigenvalue weighted by atomic mass is 9.71. The van der Waals surface area contributed by atoms with E-state index in [0.29, 0.717) is 25.3 Å². The summed E-state index contributed by atoms with van der Waals surface area (Å²) in [6.07, 6.45) is 6.05. The van der Waals surface area contributed by atoms with E-state index in [9.17, 15) is 15.2 Å². The Hall–Kier alpha value is -1.40. The first-order valence-electron chi connectivity index (χ1n) is 7.27. The fourth-order valence-corrected chi connectivity index (χ4v) is 3.71. The molecule has 2 heterocycles. The van der Waals surface area contributed by atoms with Crippen LogP contribution in [-0.4, -0.2) is 33.7 Å². The van der Waals surface area contributed by atoms with Crippen LogP contribution in [0.25, 0.3) is 0 Å². The zero-order chi connectivity index (χ0) is 15.0. The number of aliphatic hydroxyl groups is 1. The minimum atomic E-state index is -0.601. The van der Waals surface area contributed by atoms with Gasteiger partial charge in [-0.15, -0.1) is 0 Å². The average Bonchev–Trinajstić information content (AvgIpc) is 2.46. The molecule has 1 aromatic rings. The summed E-state index contributed by atoms with van der Waals surface area (Å²) in [5.41, 5.74) is -0.667. The van der Waals surface area contributed by atoms with Crippen molar-refractivity contribution in [2.45, 2.75) is 37.7 Å². The van der Waals surface area contributed by atoms with E-state index in [1.807, 2.05) is 4.90 Å². The third-order valence-corrected chi connectivity index (χ3v) is 4.94. The number of hydrogen-bond acceptors (Lipinski definition) is 5. The van der Waals surface area contributed by atoms with Gasteiger partial charge in [-0.1, -0.05) is 24.4 Å². The van der Waals surface area contributed by atoms with Crippen molar-refractivity contribution in [3.05, 3.63) is 27.4 Å². The molecule has 114 valence electrons. The molecule has 1 aromatic heterocycles. The van der Waals surface area contributed by atoms with Crippen LogP contribution in [0.5, 0.6) is 0 Å². The van der Waals surface area contributed by atoms with E-state index in [1.165, 1.54) is 12.3 Å². The molecule has 2 unspecified atom stereocenters. The second-order valence-corrected chi connectivity index (χ2v) is 6.43. The quantitative estimate of drug-likeness (QED) is 0.671. The lowest BCUT2D eigenvalue weighted by Crippen LogP contribution is -2.53. The summed E-state index contributed by atoms with van der Waals surface area (Å²) in [7, 11) is 0. The van der Waals surface area contributed by atoms with Crippen LogP contribution in [0.1, 0.15) is 32.1 Å². The third-order valence-electron chi connectivity index (χ3n) is 4.74. The number of halogens is 1. The maximum atomic E-state index is 11.2. The number of anilines is 1. The Morgan fingerprint density at radius 3 is 3.05 bits per heavy atom. The van der Waals surface area contributed by atoms with E-state index in [4.69, 9.17) is 11.6 Å². The van der Waals surface area contributed by atoms with E-state index in [-0.39, 0.29) is 16.6 Å². The minimum Gasteiger partial charge on any atom is -0.389 e. The maximum Gasteiger partial charge on any atom is 0.313 e. The van der Waals surface area contributed by atoms with Gasteiger partial charge in [0.05, 0.1) is 15.5 Å². The van der Waals surface area contributed by atoms with Gasteiger partial charge in [0.25, 0.3) is 0 Å². The van der Waals surface area contributed by atoms with Gasteiger partial charge in [-0.05, 0) is 19.3 Å². The lowest BCUT2D eigenvalue weighted by Gasteiger charge is -2.47. The van der Waals surface area contributed by atoms with E-state index < -0.39 is 10.5 Å². The normalized spacial score (nSPS) is 29.0. The van der Waals surface area contributed by atoms with E-state index in [2.05, 4.69) is 4.98 Å². The predicted octanol–water partition coefficient (Wildman–Crippen LogP) is 2.77. The molecule has 0 spiro atoms. The van der Waals surface area contributed by atoms with Gasteiger partial charge in [0.15, 0.2) is 0 Å². The highest BCUT2D eigenvalue weighted by molar-refractivity contribution is 6.30. The smallest absolute Gasteiger partial charge is 0.313 e. The lowest BCUT2D eigenvalue weighted by molar-refractivity contribution is -0.384. The Balaban J connectivity index is 1.87. The number of pyridine rings is 1. The third kappa shape index (κ3) is 2.70. The Morgan fingerprint density at radius 2 is 2.29 bits per heavy atom. The number of nitrogens with zero attached hydrogens (tertiary/aromatic N) is 3. The minimum absolute atomic E-state index is 0.0660. The zero-order valence-electron chi connectivity index (χ0n) is 11.7. The Labute approximate surface area is 127 Å². The molecule has 7 heteroatoms. The fourth-order valence-electron chi connectivity index (χ4n) is 3.56. The Bertz CT molecular complexity index is 568. The first kappa shape index (κ1) is 14.5. The van der Waals surface area contributed by atoms with Crippen molar-refractivity contribution in [2.75, 3.05) is 18.0 Å². The maximum absolute atomic E-state index is 11.2. The highest BCUT2D eigenvalue weighted by Gasteiger charge is 2.43. The molecule has 0 bridgehead atoms. The molecule has 21 heavy (non-hydrogen) atoms. The van der Waals surface area contributed by atoms with Crippen molar-refractivity contribution < 1.29 is 10.0 Å². The van der Waals surface area contributed by atoms with Crippen LogP contribution in [0.4, 0.5) is 11.5 Å². The molecular weight excluding hydrogens is 294 g/mol. The van der Waals surface area contributed by atoms with Crippen LogP contribution in [0, 0.1) is 16.0 Å². The number of rotatable bonds is 2. The number of fused-ring (bicyclic) bond motifs is 1. The summed E-state index contributed by atoms with van der Waals surface area (Å²) in [6, 6.07) is 1.34. The van der Waals surface area contributed by atoms with Crippen LogP contribution < -0.4 is 4.90 Å². The second-order valence-electron chi connectivity index (χ2n) is 6.00. The largest absolute Gasteiger partial charge is 0.389 e. The van der Waals surface area contributed by atoms with Crippen molar-refractivity contribution in [3.63, 3.8) is 0 Å². The topological polar surface area (TPSA) is 79.5 Å². The average molecular weight is 312 g/mol. The summed E-state index contributed by atoms with van der Waals surface area (Å²) in [5.74, 6) is 0.522. The van der Waals surface area contributed by atoms with Crippen LogP contribution in [0.3, 0.4) is 0 Å². The molecule has 0 aromatic carbocycles. The molecule has 0 radical (unpaired) electrons. The molecule has 2 fully saturated rings. The Kier molecular flexibility index (Phi) is 3.75. The monoisotopic (exact) mass is 311 g/mol. The highest BCUT2D eigenvalue weighted by atomic mass is 35.5. The van der Waals surface area contributed by atoms with Crippen molar-refractivity contribution >= 4 is 23.1 Å². The molecule has 1 N–H and O–H groups in total. The van der Waals surface area contributed by atoms with Crippen molar-refractivity contribution in [1.82, 2.24) is 4.98 Å². The Morgan fingerprint density at radius 1 is 1.48 bits per heavy atom. The first-order chi connectivity index (χ1) is 9.99. The molecule has 1 saturated carbocycles.